The number of nitrogens with one attached hydrogen (secondary N) is 1. The third-order valence-electron chi connectivity index (χ3n) is 4.42. The minimum absolute atomic E-state index is 0.0152. The first-order valence-corrected chi connectivity index (χ1v) is 8.68. The second-order valence-electron chi connectivity index (χ2n) is 6.33. The van der Waals surface area contributed by atoms with E-state index in [1.807, 2.05) is 0 Å². The van der Waals surface area contributed by atoms with Gasteiger partial charge in [0.15, 0.2) is 28.9 Å². The monoisotopic (exact) mass is 434 g/mol. The third-order valence-corrected chi connectivity index (χ3v) is 4.42. The molecule has 0 bridgehead atoms. The molecule has 0 aliphatic rings. The molecule has 10 heteroatoms. The molecule has 0 aliphatic carbocycles. The second-order valence-corrected chi connectivity index (χ2v) is 6.33. The van der Waals surface area contributed by atoms with E-state index in [0.29, 0.717) is 11.3 Å². The highest BCUT2D eigenvalue weighted by Crippen LogP contribution is 2.33. The van der Waals surface area contributed by atoms with Crippen molar-refractivity contribution in [1.82, 2.24) is 4.98 Å². The summed E-state index contributed by atoms with van der Waals surface area (Å²) in [7, 11) is 1.49. The van der Waals surface area contributed by atoms with Crippen LogP contribution in [0.3, 0.4) is 0 Å². The number of methoxy groups -OCH3 is 1. The van der Waals surface area contributed by atoms with E-state index < -0.39 is 46.4 Å². The van der Waals surface area contributed by atoms with Crippen molar-refractivity contribution in [3.63, 3.8) is 0 Å². The topological polar surface area (TPSA) is 64.4 Å². The lowest BCUT2D eigenvalue weighted by Gasteiger charge is -2.06. The molecule has 4 rings (SSSR count). The smallest absolute Gasteiger partial charge is 0.255 e. The first kappa shape index (κ1) is 20.3. The number of carbonyl (C=O) groups is 1. The van der Waals surface area contributed by atoms with Crippen LogP contribution < -0.4 is 10.1 Å². The summed E-state index contributed by atoms with van der Waals surface area (Å²) in [5.41, 5.74) is -0.627. The number of nitrogens with zero attached hydrogens (tertiary/aromatic N) is 1. The maximum Gasteiger partial charge on any atom is 0.255 e. The molecular weight excluding hydrogens is 423 g/mol. The second kappa shape index (κ2) is 7.71. The van der Waals surface area contributed by atoms with Crippen molar-refractivity contribution in [2.45, 2.75) is 0 Å². The molecule has 1 aromatic heterocycles. The highest BCUT2D eigenvalue weighted by Gasteiger charge is 2.29. The van der Waals surface area contributed by atoms with Gasteiger partial charge in [-0.3, -0.25) is 4.79 Å². The molecule has 0 saturated heterocycles. The highest BCUT2D eigenvalue weighted by molar-refractivity contribution is 6.05. The average molecular weight is 434 g/mol. The van der Waals surface area contributed by atoms with Crippen molar-refractivity contribution < 1.29 is 35.9 Å². The van der Waals surface area contributed by atoms with Gasteiger partial charge in [0.2, 0.25) is 11.7 Å². The van der Waals surface area contributed by atoms with Gasteiger partial charge in [-0.25, -0.2) is 26.9 Å². The lowest BCUT2D eigenvalue weighted by molar-refractivity contribution is 0.102. The van der Waals surface area contributed by atoms with E-state index >= 15 is 0 Å². The summed E-state index contributed by atoms with van der Waals surface area (Å²) >= 11 is 0. The molecule has 1 heterocycles. The van der Waals surface area contributed by atoms with Crippen molar-refractivity contribution in [2.24, 2.45) is 0 Å². The molecule has 3 aromatic carbocycles. The number of halogens is 5. The summed E-state index contributed by atoms with van der Waals surface area (Å²) < 4.78 is 78.4. The molecule has 0 radical (unpaired) electrons. The number of rotatable bonds is 4. The summed E-state index contributed by atoms with van der Waals surface area (Å²) in [6.07, 6.45) is 0. The largest absolute Gasteiger partial charge is 0.497 e. The van der Waals surface area contributed by atoms with Gasteiger partial charge in [-0.15, -0.1) is 0 Å². The fourth-order valence-electron chi connectivity index (χ4n) is 2.85. The zero-order valence-corrected chi connectivity index (χ0v) is 15.6. The summed E-state index contributed by atoms with van der Waals surface area (Å²) in [6.45, 7) is 0. The Bertz CT molecular complexity index is 1290. The molecule has 0 spiro atoms. The van der Waals surface area contributed by atoms with Crippen LogP contribution in [0.15, 0.2) is 46.9 Å². The number of amides is 1. The predicted molar refractivity (Wildman–Crippen MR) is 100 cm³/mol. The van der Waals surface area contributed by atoms with Gasteiger partial charge in [-0.1, -0.05) is 0 Å². The molecular formula is C21H11F5N2O3. The Balaban J connectivity index is 1.67. The Morgan fingerprint density at radius 2 is 1.52 bits per heavy atom. The Kier molecular flexibility index (Phi) is 5.05. The van der Waals surface area contributed by atoms with Crippen molar-refractivity contribution in [2.75, 3.05) is 12.4 Å². The van der Waals surface area contributed by atoms with Crippen LogP contribution in [-0.4, -0.2) is 18.0 Å². The number of fused-ring (bicyclic) bond motifs is 1. The maximum absolute atomic E-state index is 14.0. The SMILES string of the molecule is COc1ccc(C(=O)Nc2ccc3oc(-c4c(F)c(F)c(F)c(F)c4F)nc3c2)cc1. The Morgan fingerprint density at radius 1 is 0.903 bits per heavy atom. The van der Waals surface area contributed by atoms with Crippen molar-refractivity contribution in [3.8, 4) is 17.2 Å². The molecule has 0 saturated carbocycles. The first-order chi connectivity index (χ1) is 14.8. The van der Waals surface area contributed by atoms with Gasteiger partial charge in [0.25, 0.3) is 5.91 Å². The Hall–Kier alpha value is -3.95. The molecule has 0 aliphatic heterocycles. The number of hydrogen-bond donors (Lipinski definition) is 1. The van der Waals surface area contributed by atoms with Gasteiger partial charge >= 0.3 is 0 Å². The minimum atomic E-state index is -2.28. The number of aromatic nitrogens is 1. The van der Waals surface area contributed by atoms with Gasteiger partial charge in [-0.2, -0.15) is 0 Å². The lowest BCUT2D eigenvalue weighted by Crippen LogP contribution is -2.11. The van der Waals surface area contributed by atoms with Crippen LogP contribution in [-0.2, 0) is 0 Å². The standard InChI is InChI=1S/C21H11F5N2O3/c1-30-11-5-2-9(3-6-11)20(29)27-10-4-7-13-12(8-10)28-21(31-13)14-15(22)17(24)19(26)18(25)16(14)23/h2-8H,1H3,(H,27,29). The summed E-state index contributed by atoms with van der Waals surface area (Å²) in [5, 5.41) is 2.61. The normalized spacial score (nSPS) is 11.0. The van der Waals surface area contributed by atoms with Crippen LogP contribution in [0.4, 0.5) is 27.6 Å². The van der Waals surface area contributed by atoms with Crippen LogP contribution in [0.2, 0.25) is 0 Å². The van der Waals surface area contributed by atoms with Crippen LogP contribution >= 0.6 is 0 Å². The quantitative estimate of drug-likeness (QED) is 0.264. The van der Waals surface area contributed by atoms with Gasteiger partial charge in [0.1, 0.15) is 16.8 Å². The van der Waals surface area contributed by atoms with E-state index in [1.54, 1.807) is 24.3 Å². The molecule has 158 valence electrons. The van der Waals surface area contributed by atoms with Gasteiger partial charge in [-0.05, 0) is 42.5 Å². The van der Waals surface area contributed by atoms with Gasteiger partial charge < -0.3 is 14.5 Å². The van der Waals surface area contributed by atoms with Crippen LogP contribution in [0.5, 0.6) is 5.75 Å². The Morgan fingerprint density at radius 3 is 2.13 bits per heavy atom. The van der Waals surface area contributed by atoms with Crippen molar-refractivity contribution >= 4 is 22.7 Å². The molecule has 0 unspecified atom stereocenters. The van der Waals surface area contributed by atoms with Crippen LogP contribution in [0.25, 0.3) is 22.6 Å². The molecule has 0 atom stereocenters. The van der Waals surface area contributed by atoms with Crippen LogP contribution in [0.1, 0.15) is 10.4 Å². The number of oxazole rings is 1. The van der Waals surface area contributed by atoms with E-state index in [1.165, 1.54) is 25.3 Å². The number of hydrogen-bond acceptors (Lipinski definition) is 4. The minimum Gasteiger partial charge on any atom is -0.497 e. The fourth-order valence-corrected chi connectivity index (χ4v) is 2.85. The van der Waals surface area contributed by atoms with E-state index in [9.17, 15) is 26.7 Å². The van der Waals surface area contributed by atoms with E-state index in [0.717, 1.165) is 0 Å². The van der Waals surface area contributed by atoms with Crippen molar-refractivity contribution in [1.29, 1.82) is 0 Å². The van der Waals surface area contributed by atoms with Gasteiger partial charge in [0.05, 0.1) is 7.11 Å². The van der Waals surface area contributed by atoms with Crippen LogP contribution in [0, 0.1) is 29.1 Å². The number of carbonyl (C=O) groups excluding carboxylic acids is 1. The third kappa shape index (κ3) is 3.56. The molecule has 4 aromatic rings. The number of anilines is 1. The summed E-state index contributed by atoms with van der Waals surface area (Å²) in [6, 6.07) is 10.4. The molecule has 1 amide bonds. The number of benzene rings is 3. The molecule has 5 nitrogen and oxygen atoms in total. The van der Waals surface area contributed by atoms with E-state index in [4.69, 9.17) is 9.15 Å². The zero-order valence-electron chi connectivity index (χ0n) is 15.6. The summed E-state index contributed by atoms with van der Waals surface area (Å²) in [4.78, 5) is 16.2. The molecule has 31 heavy (non-hydrogen) atoms. The van der Waals surface area contributed by atoms with Gasteiger partial charge in [0, 0.05) is 11.3 Å². The Labute approximate surface area is 171 Å². The van der Waals surface area contributed by atoms with E-state index in [2.05, 4.69) is 10.3 Å². The zero-order chi connectivity index (χ0) is 22.3. The summed E-state index contributed by atoms with van der Waals surface area (Å²) in [5.74, 6) is -11.3. The number of ether oxygens (including phenoxy) is 1. The predicted octanol–water partition coefficient (Wildman–Crippen LogP) is 5.45. The lowest BCUT2D eigenvalue weighted by atomic mass is 10.1. The maximum atomic E-state index is 14.0. The fraction of sp³-hybridized carbons (Fsp3) is 0.0476. The first-order valence-electron chi connectivity index (χ1n) is 8.68. The van der Waals surface area contributed by atoms with Crippen molar-refractivity contribution in [3.05, 3.63) is 77.1 Å². The average Bonchev–Trinajstić information content (AvgIpc) is 3.19. The molecule has 0 fully saturated rings. The molecule has 1 N–H and O–H groups in total. The van der Waals surface area contributed by atoms with E-state index in [-0.39, 0.29) is 16.8 Å². The highest BCUT2D eigenvalue weighted by atomic mass is 19.2.